The van der Waals surface area contributed by atoms with Crippen molar-refractivity contribution in [2.75, 3.05) is 5.32 Å². The SMILES string of the molecule is C[C@@H](N)C(=O)NCc1cccc(NC(=O)Cn2cccn2)c1.Cl. The minimum Gasteiger partial charge on any atom is -0.351 e. The summed E-state index contributed by atoms with van der Waals surface area (Å²) in [6.07, 6.45) is 3.34. The van der Waals surface area contributed by atoms with Crippen LogP contribution in [-0.2, 0) is 22.7 Å². The van der Waals surface area contributed by atoms with Crippen molar-refractivity contribution < 1.29 is 9.59 Å². The Morgan fingerprint density at radius 1 is 1.35 bits per heavy atom. The fourth-order valence-electron chi connectivity index (χ4n) is 1.85. The maximum Gasteiger partial charge on any atom is 0.246 e. The summed E-state index contributed by atoms with van der Waals surface area (Å²) >= 11 is 0. The first kappa shape index (κ1) is 18.7. The average Bonchev–Trinajstić information content (AvgIpc) is 2.97. The van der Waals surface area contributed by atoms with Crippen molar-refractivity contribution >= 4 is 29.9 Å². The van der Waals surface area contributed by atoms with E-state index in [-0.39, 0.29) is 30.8 Å². The van der Waals surface area contributed by atoms with Crippen LogP contribution in [0.1, 0.15) is 12.5 Å². The Hall–Kier alpha value is -2.38. The van der Waals surface area contributed by atoms with Gasteiger partial charge in [0, 0.05) is 24.6 Å². The lowest BCUT2D eigenvalue weighted by molar-refractivity contribution is -0.122. The van der Waals surface area contributed by atoms with Gasteiger partial charge in [0.15, 0.2) is 0 Å². The van der Waals surface area contributed by atoms with Gasteiger partial charge in [0.2, 0.25) is 11.8 Å². The molecule has 2 amide bonds. The molecule has 1 atom stereocenters. The summed E-state index contributed by atoms with van der Waals surface area (Å²) in [5.41, 5.74) is 7.03. The van der Waals surface area contributed by atoms with Gasteiger partial charge in [-0.2, -0.15) is 5.10 Å². The minimum atomic E-state index is -0.544. The zero-order valence-corrected chi connectivity index (χ0v) is 13.5. The molecule has 0 spiro atoms. The Labute approximate surface area is 140 Å². The first-order chi connectivity index (χ1) is 10.5. The Morgan fingerprint density at radius 3 is 2.78 bits per heavy atom. The van der Waals surface area contributed by atoms with E-state index in [1.54, 1.807) is 36.1 Å². The monoisotopic (exact) mass is 337 g/mol. The van der Waals surface area contributed by atoms with Gasteiger partial charge in [-0.1, -0.05) is 12.1 Å². The number of halogens is 1. The molecule has 8 heteroatoms. The number of benzene rings is 1. The van der Waals surface area contributed by atoms with Crippen LogP contribution in [0.25, 0.3) is 0 Å². The second-order valence-corrected chi connectivity index (χ2v) is 4.96. The zero-order valence-electron chi connectivity index (χ0n) is 12.7. The van der Waals surface area contributed by atoms with Crippen molar-refractivity contribution in [3.8, 4) is 0 Å². The molecule has 0 saturated carbocycles. The van der Waals surface area contributed by atoms with E-state index in [0.717, 1.165) is 5.56 Å². The van der Waals surface area contributed by atoms with Gasteiger partial charge in [-0.15, -0.1) is 12.4 Å². The Balaban J connectivity index is 0.00000264. The molecule has 7 nitrogen and oxygen atoms in total. The van der Waals surface area contributed by atoms with Crippen LogP contribution in [0.5, 0.6) is 0 Å². The molecule has 0 aliphatic heterocycles. The van der Waals surface area contributed by atoms with Crippen LogP contribution in [0, 0.1) is 0 Å². The van der Waals surface area contributed by atoms with Gasteiger partial charge >= 0.3 is 0 Å². The van der Waals surface area contributed by atoms with E-state index in [4.69, 9.17) is 5.73 Å². The highest BCUT2D eigenvalue weighted by Crippen LogP contribution is 2.10. The summed E-state index contributed by atoms with van der Waals surface area (Å²) in [6, 6.07) is 8.49. The number of nitrogens with zero attached hydrogens (tertiary/aromatic N) is 2. The summed E-state index contributed by atoms with van der Waals surface area (Å²) < 4.78 is 1.54. The third-order valence-corrected chi connectivity index (χ3v) is 2.96. The van der Waals surface area contributed by atoms with Crippen LogP contribution in [0.2, 0.25) is 0 Å². The first-order valence-corrected chi connectivity index (χ1v) is 6.94. The van der Waals surface area contributed by atoms with Crippen LogP contribution in [-0.4, -0.2) is 27.6 Å². The molecule has 124 valence electrons. The van der Waals surface area contributed by atoms with Crippen LogP contribution in [0.15, 0.2) is 42.7 Å². The maximum absolute atomic E-state index is 11.9. The standard InChI is InChI=1S/C15H19N5O2.ClH/c1-11(16)15(22)17-9-12-4-2-5-13(8-12)19-14(21)10-20-7-3-6-18-20;/h2-8,11H,9-10,16H2,1H3,(H,17,22)(H,19,21);1H/t11-;/m1./s1. The van der Waals surface area contributed by atoms with Crippen molar-refractivity contribution in [3.05, 3.63) is 48.3 Å². The number of anilines is 1. The number of nitrogens with one attached hydrogen (secondary N) is 2. The fraction of sp³-hybridized carbons (Fsp3) is 0.267. The number of hydrogen-bond donors (Lipinski definition) is 3. The lowest BCUT2D eigenvalue weighted by Gasteiger charge is -2.10. The molecule has 0 aliphatic rings. The van der Waals surface area contributed by atoms with Gasteiger partial charge in [-0.05, 0) is 30.7 Å². The number of carbonyl (C=O) groups excluding carboxylic acids is 2. The number of aromatic nitrogens is 2. The highest BCUT2D eigenvalue weighted by Gasteiger charge is 2.07. The topological polar surface area (TPSA) is 102 Å². The normalized spacial score (nSPS) is 11.2. The highest BCUT2D eigenvalue weighted by molar-refractivity contribution is 5.90. The Kier molecular flexibility index (Phi) is 7.24. The van der Waals surface area contributed by atoms with Gasteiger partial charge in [0.25, 0.3) is 0 Å². The smallest absolute Gasteiger partial charge is 0.246 e. The van der Waals surface area contributed by atoms with Gasteiger partial charge in [0.05, 0.1) is 6.04 Å². The van der Waals surface area contributed by atoms with Gasteiger partial charge in [-0.25, -0.2) is 0 Å². The number of carbonyl (C=O) groups is 2. The van der Waals surface area contributed by atoms with Gasteiger partial charge < -0.3 is 16.4 Å². The molecule has 0 bridgehead atoms. The molecule has 0 aliphatic carbocycles. The molecule has 1 heterocycles. The van der Waals surface area contributed by atoms with E-state index < -0.39 is 6.04 Å². The number of nitrogens with two attached hydrogens (primary N) is 1. The van der Waals surface area contributed by atoms with E-state index >= 15 is 0 Å². The molecule has 2 aromatic rings. The Morgan fingerprint density at radius 2 is 2.13 bits per heavy atom. The average molecular weight is 338 g/mol. The first-order valence-electron chi connectivity index (χ1n) is 6.94. The minimum absolute atomic E-state index is 0. The number of hydrogen-bond acceptors (Lipinski definition) is 4. The number of amides is 2. The van der Waals surface area contributed by atoms with E-state index in [9.17, 15) is 9.59 Å². The highest BCUT2D eigenvalue weighted by atomic mass is 35.5. The molecular formula is C15H20ClN5O2. The van der Waals surface area contributed by atoms with Crippen molar-refractivity contribution in [3.63, 3.8) is 0 Å². The fourth-order valence-corrected chi connectivity index (χ4v) is 1.85. The lowest BCUT2D eigenvalue weighted by Crippen LogP contribution is -2.37. The molecule has 23 heavy (non-hydrogen) atoms. The molecule has 4 N–H and O–H groups in total. The van der Waals surface area contributed by atoms with Crippen molar-refractivity contribution in [2.24, 2.45) is 5.73 Å². The summed E-state index contributed by atoms with van der Waals surface area (Å²) in [5.74, 6) is -0.381. The lowest BCUT2D eigenvalue weighted by atomic mass is 10.2. The second kappa shape index (κ2) is 8.92. The summed E-state index contributed by atoms with van der Waals surface area (Å²) in [4.78, 5) is 23.3. The van der Waals surface area contributed by atoms with Crippen molar-refractivity contribution in [2.45, 2.75) is 26.1 Å². The summed E-state index contributed by atoms with van der Waals surface area (Å²) in [5, 5.41) is 9.50. The molecule has 1 aromatic carbocycles. The summed E-state index contributed by atoms with van der Waals surface area (Å²) in [6.45, 7) is 2.14. The van der Waals surface area contributed by atoms with E-state index in [1.807, 2.05) is 18.2 Å². The van der Waals surface area contributed by atoms with E-state index in [0.29, 0.717) is 12.2 Å². The largest absolute Gasteiger partial charge is 0.351 e. The zero-order chi connectivity index (χ0) is 15.9. The molecule has 0 fully saturated rings. The third kappa shape index (κ3) is 6.09. The molecule has 1 aromatic heterocycles. The maximum atomic E-state index is 11.9. The molecule has 2 rings (SSSR count). The van der Waals surface area contributed by atoms with Crippen molar-refractivity contribution in [1.82, 2.24) is 15.1 Å². The Bertz CT molecular complexity index is 643. The molecule has 0 saturated heterocycles. The molecular weight excluding hydrogens is 318 g/mol. The van der Waals surface area contributed by atoms with E-state index in [1.165, 1.54) is 0 Å². The predicted octanol–water partition coefficient (Wildman–Crippen LogP) is 0.907. The summed E-state index contributed by atoms with van der Waals surface area (Å²) in [7, 11) is 0. The number of rotatable bonds is 6. The third-order valence-electron chi connectivity index (χ3n) is 2.96. The van der Waals surface area contributed by atoms with Crippen LogP contribution >= 0.6 is 12.4 Å². The van der Waals surface area contributed by atoms with Gasteiger partial charge in [-0.3, -0.25) is 14.3 Å². The van der Waals surface area contributed by atoms with Crippen LogP contribution in [0.4, 0.5) is 5.69 Å². The van der Waals surface area contributed by atoms with Crippen LogP contribution < -0.4 is 16.4 Å². The molecule has 0 radical (unpaired) electrons. The predicted molar refractivity (Wildman–Crippen MR) is 90.0 cm³/mol. The second-order valence-electron chi connectivity index (χ2n) is 4.96. The quantitative estimate of drug-likeness (QED) is 0.729. The van der Waals surface area contributed by atoms with Gasteiger partial charge in [0.1, 0.15) is 6.54 Å². The van der Waals surface area contributed by atoms with Crippen molar-refractivity contribution in [1.29, 1.82) is 0 Å². The van der Waals surface area contributed by atoms with Crippen LogP contribution in [0.3, 0.4) is 0 Å². The van der Waals surface area contributed by atoms with E-state index in [2.05, 4.69) is 15.7 Å². The molecule has 0 unspecified atom stereocenters.